The molecule has 138 valence electrons. The van der Waals surface area contributed by atoms with E-state index in [0.29, 0.717) is 17.5 Å². The Balaban J connectivity index is 1.76. The van der Waals surface area contributed by atoms with Gasteiger partial charge >= 0.3 is 0 Å². The van der Waals surface area contributed by atoms with E-state index in [0.717, 1.165) is 22.6 Å². The van der Waals surface area contributed by atoms with Crippen LogP contribution < -0.4 is 4.90 Å². The van der Waals surface area contributed by atoms with Gasteiger partial charge in [-0.3, -0.25) is 4.79 Å². The summed E-state index contributed by atoms with van der Waals surface area (Å²) < 4.78 is 1.71. The number of thioether (sulfide) groups is 1. The van der Waals surface area contributed by atoms with Gasteiger partial charge in [0.15, 0.2) is 0 Å². The fourth-order valence-corrected chi connectivity index (χ4v) is 3.36. The van der Waals surface area contributed by atoms with Crippen molar-refractivity contribution in [2.24, 2.45) is 0 Å². The highest BCUT2D eigenvalue weighted by Gasteiger charge is 2.18. The molecule has 2 aromatic heterocycles. The number of aromatic nitrogens is 4. The second kappa shape index (κ2) is 8.18. The van der Waals surface area contributed by atoms with Crippen molar-refractivity contribution < 1.29 is 4.79 Å². The molecule has 0 spiro atoms. The number of benzene rings is 1. The molecule has 8 heteroatoms. The maximum Gasteiger partial charge on any atom is 0.253 e. The molecule has 0 aliphatic heterocycles. The molecule has 1 amide bonds. The van der Waals surface area contributed by atoms with Crippen molar-refractivity contribution in [3.05, 3.63) is 47.3 Å². The first-order valence-electron chi connectivity index (χ1n) is 8.57. The Morgan fingerprint density at radius 1 is 1.22 bits per heavy atom. The summed E-state index contributed by atoms with van der Waals surface area (Å²) in [5, 5.41) is 13.9. The smallest absolute Gasteiger partial charge is 0.253 e. The molecule has 0 unspecified atom stereocenters. The normalized spacial score (nSPS) is 10.7. The maximum atomic E-state index is 12.7. The Morgan fingerprint density at radius 2 is 1.96 bits per heavy atom. The zero-order valence-electron chi connectivity index (χ0n) is 15.5. The summed E-state index contributed by atoms with van der Waals surface area (Å²) in [4.78, 5) is 23.2. The zero-order valence-corrected chi connectivity index (χ0v) is 16.3. The number of hydrogen-bond donors (Lipinski definition) is 0. The summed E-state index contributed by atoms with van der Waals surface area (Å²) in [6.07, 6.45) is 0.277. The summed E-state index contributed by atoms with van der Waals surface area (Å²) in [5.74, 6) is 0.640. The fourth-order valence-electron chi connectivity index (χ4n) is 2.67. The number of anilines is 1. The minimum atomic E-state index is -0.0858. The molecular formula is C19H20N6OS. The monoisotopic (exact) mass is 380 g/mol. The summed E-state index contributed by atoms with van der Waals surface area (Å²) in [5.41, 5.74) is 3.77. The average Bonchev–Trinajstić information content (AvgIpc) is 3.08. The van der Waals surface area contributed by atoms with Crippen LogP contribution in [-0.2, 0) is 4.79 Å². The topological polar surface area (TPSA) is 87.2 Å². The first-order valence-corrected chi connectivity index (χ1v) is 9.55. The quantitative estimate of drug-likeness (QED) is 0.611. The highest BCUT2D eigenvalue weighted by atomic mass is 32.2. The van der Waals surface area contributed by atoms with E-state index in [9.17, 15) is 4.79 Å². The molecule has 1 aromatic carbocycles. The Kier molecular flexibility index (Phi) is 5.72. The molecular weight excluding hydrogens is 360 g/mol. The van der Waals surface area contributed by atoms with Gasteiger partial charge in [0, 0.05) is 23.6 Å². The predicted molar refractivity (Wildman–Crippen MR) is 105 cm³/mol. The van der Waals surface area contributed by atoms with Gasteiger partial charge in [0.2, 0.25) is 11.1 Å². The Hall–Kier alpha value is -2.92. The van der Waals surface area contributed by atoms with Crippen LogP contribution in [0.25, 0.3) is 5.78 Å². The van der Waals surface area contributed by atoms with Crippen LogP contribution >= 0.6 is 11.8 Å². The standard InChI is InChI=1S/C19H20N6OS/c1-13-14(2)21-18-22-19(23-25(18)15(13)3)27-12-17(26)24(11-7-10-20)16-8-5-4-6-9-16/h4-6,8-9H,7,11-12H2,1-3H3. The maximum absolute atomic E-state index is 12.7. The summed E-state index contributed by atoms with van der Waals surface area (Å²) in [6, 6.07) is 11.5. The SMILES string of the molecule is Cc1nc2nc(SCC(=O)N(CCC#N)c3ccccc3)nn2c(C)c1C. The van der Waals surface area contributed by atoms with E-state index >= 15 is 0 Å². The summed E-state index contributed by atoms with van der Waals surface area (Å²) >= 11 is 1.27. The highest BCUT2D eigenvalue weighted by molar-refractivity contribution is 7.99. The van der Waals surface area contributed by atoms with E-state index < -0.39 is 0 Å². The lowest BCUT2D eigenvalue weighted by Gasteiger charge is -2.21. The van der Waals surface area contributed by atoms with E-state index in [1.807, 2.05) is 51.1 Å². The molecule has 0 saturated carbocycles. The van der Waals surface area contributed by atoms with E-state index in [-0.39, 0.29) is 18.1 Å². The van der Waals surface area contributed by atoms with Gasteiger partial charge in [0.1, 0.15) is 0 Å². The first-order chi connectivity index (χ1) is 13.0. The average molecular weight is 380 g/mol. The van der Waals surface area contributed by atoms with Crippen LogP contribution in [0.15, 0.2) is 35.5 Å². The molecule has 0 bridgehead atoms. The molecule has 7 nitrogen and oxygen atoms in total. The molecule has 0 saturated heterocycles. The van der Waals surface area contributed by atoms with E-state index in [1.165, 1.54) is 11.8 Å². The predicted octanol–water partition coefficient (Wildman–Crippen LogP) is 3.09. The van der Waals surface area contributed by atoms with Crippen LogP contribution in [0.4, 0.5) is 5.69 Å². The Labute approximate surface area is 162 Å². The fraction of sp³-hybridized carbons (Fsp3) is 0.316. The van der Waals surface area contributed by atoms with Crippen molar-refractivity contribution >= 4 is 29.1 Å². The lowest BCUT2D eigenvalue weighted by Crippen LogP contribution is -2.33. The molecule has 3 aromatic rings. The highest BCUT2D eigenvalue weighted by Crippen LogP contribution is 2.20. The number of amides is 1. The minimum absolute atomic E-state index is 0.0858. The van der Waals surface area contributed by atoms with Gasteiger partial charge < -0.3 is 4.90 Å². The molecule has 3 rings (SSSR count). The molecule has 0 aliphatic carbocycles. The van der Waals surface area contributed by atoms with Crippen molar-refractivity contribution in [1.82, 2.24) is 19.6 Å². The lowest BCUT2D eigenvalue weighted by atomic mass is 10.2. The lowest BCUT2D eigenvalue weighted by molar-refractivity contribution is -0.116. The van der Waals surface area contributed by atoms with E-state index in [4.69, 9.17) is 5.26 Å². The Morgan fingerprint density at radius 3 is 2.67 bits per heavy atom. The van der Waals surface area contributed by atoms with Crippen LogP contribution in [0.3, 0.4) is 0 Å². The number of carbonyl (C=O) groups excluding carboxylic acids is 1. The van der Waals surface area contributed by atoms with E-state index in [2.05, 4.69) is 21.1 Å². The van der Waals surface area contributed by atoms with Gasteiger partial charge in [0.05, 0.1) is 18.2 Å². The first kappa shape index (κ1) is 18.9. The molecule has 0 atom stereocenters. The number of aryl methyl sites for hydroxylation is 2. The third-order valence-electron chi connectivity index (χ3n) is 4.38. The van der Waals surface area contributed by atoms with E-state index in [1.54, 1.807) is 9.42 Å². The number of nitrogens with zero attached hydrogens (tertiary/aromatic N) is 6. The van der Waals surface area contributed by atoms with Gasteiger partial charge in [-0.15, -0.1) is 5.10 Å². The largest absolute Gasteiger partial charge is 0.311 e. The van der Waals surface area contributed by atoms with Gasteiger partial charge in [-0.05, 0) is 38.5 Å². The Bertz CT molecular complexity index is 1010. The van der Waals surface area contributed by atoms with Crippen LogP contribution in [0.2, 0.25) is 0 Å². The van der Waals surface area contributed by atoms with Crippen LogP contribution in [-0.4, -0.2) is 37.8 Å². The second-order valence-electron chi connectivity index (χ2n) is 6.09. The van der Waals surface area contributed by atoms with Gasteiger partial charge in [-0.1, -0.05) is 30.0 Å². The third kappa shape index (κ3) is 4.09. The van der Waals surface area contributed by atoms with Crippen LogP contribution in [0, 0.1) is 32.1 Å². The number of para-hydroxylation sites is 1. The van der Waals surface area contributed by atoms with Crippen molar-refractivity contribution in [2.45, 2.75) is 32.3 Å². The van der Waals surface area contributed by atoms with Crippen LogP contribution in [0.1, 0.15) is 23.4 Å². The van der Waals surface area contributed by atoms with Crippen molar-refractivity contribution in [1.29, 1.82) is 5.26 Å². The van der Waals surface area contributed by atoms with Gasteiger partial charge in [-0.25, -0.2) is 9.50 Å². The third-order valence-corrected chi connectivity index (χ3v) is 5.20. The number of rotatable bonds is 6. The molecule has 0 N–H and O–H groups in total. The van der Waals surface area contributed by atoms with Crippen LogP contribution in [0.5, 0.6) is 0 Å². The summed E-state index contributed by atoms with van der Waals surface area (Å²) in [7, 11) is 0. The summed E-state index contributed by atoms with van der Waals surface area (Å²) in [6.45, 7) is 6.28. The van der Waals surface area contributed by atoms with Crippen molar-refractivity contribution in [3.63, 3.8) is 0 Å². The number of nitriles is 1. The molecule has 2 heterocycles. The molecule has 0 radical (unpaired) electrons. The number of carbonyl (C=O) groups is 1. The van der Waals surface area contributed by atoms with Gasteiger partial charge in [0.25, 0.3) is 5.78 Å². The number of hydrogen-bond acceptors (Lipinski definition) is 6. The van der Waals surface area contributed by atoms with Crippen molar-refractivity contribution in [2.75, 3.05) is 17.2 Å². The second-order valence-corrected chi connectivity index (χ2v) is 7.03. The number of fused-ring (bicyclic) bond motifs is 1. The molecule has 27 heavy (non-hydrogen) atoms. The van der Waals surface area contributed by atoms with Crippen molar-refractivity contribution in [3.8, 4) is 6.07 Å². The molecule has 0 aliphatic rings. The molecule has 0 fully saturated rings. The zero-order chi connectivity index (χ0) is 19.4. The minimum Gasteiger partial charge on any atom is -0.311 e. The van der Waals surface area contributed by atoms with Gasteiger partial charge in [-0.2, -0.15) is 10.2 Å².